The lowest BCUT2D eigenvalue weighted by molar-refractivity contribution is -0.386. The molecule has 0 bridgehead atoms. The van der Waals surface area contributed by atoms with Crippen LogP contribution in [0.1, 0.15) is 23.3 Å². The summed E-state index contributed by atoms with van der Waals surface area (Å²) in [5.74, 6) is -0.146. The van der Waals surface area contributed by atoms with Gasteiger partial charge in [-0.3, -0.25) is 14.9 Å². The van der Waals surface area contributed by atoms with Gasteiger partial charge in [0, 0.05) is 25.4 Å². The molecule has 1 amide bonds. The van der Waals surface area contributed by atoms with Crippen molar-refractivity contribution < 1.29 is 19.2 Å². The number of carbonyl (C=O) groups is 1. The molecule has 1 aromatic carbocycles. The van der Waals surface area contributed by atoms with Gasteiger partial charge in [-0.05, 0) is 25.0 Å². The van der Waals surface area contributed by atoms with Crippen LogP contribution in [-0.4, -0.2) is 39.9 Å². The van der Waals surface area contributed by atoms with Crippen molar-refractivity contribution in [3.63, 3.8) is 0 Å². The lowest BCUT2D eigenvalue weighted by Crippen LogP contribution is -2.32. The number of rotatable bonds is 7. The predicted molar refractivity (Wildman–Crippen MR) is 87.3 cm³/mol. The van der Waals surface area contributed by atoms with Gasteiger partial charge in [-0.1, -0.05) is 12.1 Å². The molecule has 9 heteroatoms. The van der Waals surface area contributed by atoms with Crippen LogP contribution in [0.5, 0.6) is 5.75 Å². The number of ether oxygens (including phenoxy) is 2. The van der Waals surface area contributed by atoms with E-state index in [1.807, 2.05) is 0 Å². The summed E-state index contributed by atoms with van der Waals surface area (Å²) in [7, 11) is 0. The number of hydrogen-bond acceptors (Lipinski definition) is 6. The summed E-state index contributed by atoms with van der Waals surface area (Å²) >= 11 is 0. The number of aromatic nitrogens is 2. The number of carbonyl (C=O) groups excluding carboxylic acids is 1. The van der Waals surface area contributed by atoms with E-state index < -0.39 is 4.92 Å². The van der Waals surface area contributed by atoms with Crippen LogP contribution in [0.15, 0.2) is 36.5 Å². The highest BCUT2D eigenvalue weighted by Crippen LogP contribution is 2.25. The van der Waals surface area contributed by atoms with Gasteiger partial charge in [-0.2, -0.15) is 5.10 Å². The molecule has 9 nitrogen and oxygen atoms in total. The molecule has 2 aromatic rings. The van der Waals surface area contributed by atoms with Crippen molar-refractivity contribution in [2.75, 3.05) is 13.2 Å². The summed E-state index contributed by atoms with van der Waals surface area (Å²) in [5, 5.41) is 17.8. The molecule has 1 atom stereocenters. The number of para-hydroxylation sites is 2. The Bertz CT molecular complexity index is 754. The molecule has 1 aliphatic heterocycles. The Morgan fingerprint density at radius 1 is 1.44 bits per heavy atom. The van der Waals surface area contributed by atoms with Gasteiger partial charge in [0.05, 0.1) is 11.0 Å². The molecule has 132 valence electrons. The minimum atomic E-state index is -0.512. The van der Waals surface area contributed by atoms with Crippen molar-refractivity contribution in [3.05, 3.63) is 52.3 Å². The first-order valence-corrected chi connectivity index (χ1v) is 7.93. The Labute approximate surface area is 143 Å². The fraction of sp³-hybridized carbons (Fsp3) is 0.375. The molecule has 1 fully saturated rings. The van der Waals surface area contributed by atoms with Gasteiger partial charge >= 0.3 is 5.69 Å². The van der Waals surface area contributed by atoms with E-state index >= 15 is 0 Å². The third kappa shape index (κ3) is 4.32. The smallest absolute Gasteiger partial charge is 0.311 e. The van der Waals surface area contributed by atoms with Crippen LogP contribution in [0.25, 0.3) is 0 Å². The van der Waals surface area contributed by atoms with E-state index in [4.69, 9.17) is 9.47 Å². The maximum absolute atomic E-state index is 12.1. The predicted octanol–water partition coefficient (Wildman–Crippen LogP) is 1.74. The second kappa shape index (κ2) is 7.75. The number of hydrogen-bond donors (Lipinski definition) is 1. The molecule has 1 aromatic heterocycles. The summed E-state index contributed by atoms with van der Waals surface area (Å²) in [6.45, 7) is 1.15. The van der Waals surface area contributed by atoms with Crippen molar-refractivity contribution in [2.45, 2.75) is 25.7 Å². The highest BCUT2D eigenvalue weighted by molar-refractivity contribution is 5.92. The van der Waals surface area contributed by atoms with Crippen LogP contribution in [0.4, 0.5) is 5.69 Å². The number of benzene rings is 1. The monoisotopic (exact) mass is 346 g/mol. The average molecular weight is 346 g/mol. The zero-order chi connectivity index (χ0) is 17.6. The fourth-order valence-electron chi connectivity index (χ4n) is 2.52. The Kier molecular flexibility index (Phi) is 5.24. The van der Waals surface area contributed by atoms with E-state index in [1.54, 1.807) is 24.4 Å². The van der Waals surface area contributed by atoms with Crippen molar-refractivity contribution in [2.24, 2.45) is 0 Å². The van der Waals surface area contributed by atoms with E-state index in [1.165, 1.54) is 16.8 Å². The number of amides is 1. The molecule has 25 heavy (non-hydrogen) atoms. The normalized spacial score (nSPS) is 16.6. The lowest BCUT2D eigenvalue weighted by Gasteiger charge is -2.09. The van der Waals surface area contributed by atoms with Gasteiger partial charge in [-0.15, -0.1) is 0 Å². The van der Waals surface area contributed by atoms with Crippen molar-refractivity contribution in [1.82, 2.24) is 15.1 Å². The maximum Gasteiger partial charge on any atom is 0.311 e. The Balaban J connectivity index is 1.54. The highest BCUT2D eigenvalue weighted by atomic mass is 16.6. The van der Waals surface area contributed by atoms with Gasteiger partial charge in [-0.25, -0.2) is 4.68 Å². The molecule has 1 aliphatic rings. The largest absolute Gasteiger partial charge is 0.464 e. The van der Waals surface area contributed by atoms with E-state index in [2.05, 4.69) is 10.4 Å². The third-order valence-electron chi connectivity index (χ3n) is 3.80. The average Bonchev–Trinajstić information content (AvgIpc) is 3.30. The van der Waals surface area contributed by atoms with E-state index in [0.717, 1.165) is 19.4 Å². The first-order valence-electron chi connectivity index (χ1n) is 7.93. The maximum atomic E-state index is 12.1. The molecular formula is C16H18N4O5. The molecule has 0 aliphatic carbocycles. The van der Waals surface area contributed by atoms with Crippen molar-refractivity contribution in [3.8, 4) is 5.75 Å². The molecule has 1 unspecified atom stereocenters. The standard InChI is InChI=1S/C16H18N4O5/c21-16(17-10-12-4-3-9-24-12)13-7-8-19(18-13)11-25-15-6-2-1-5-14(15)20(22)23/h1-2,5-8,12H,3-4,9-11H2,(H,17,21). The van der Waals surface area contributed by atoms with Gasteiger partial charge in [0.15, 0.2) is 12.5 Å². The summed E-state index contributed by atoms with van der Waals surface area (Å²) in [6.07, 6.45) is 3.60. The van der Waals surface area contributed by atoms with Crippen LogP contribution in [-0.2, 0) is 11.5 Å². The molecule has 3 rings (SSSR count). The molecule has 1 N–H and O–H groups in total. The SMILES string of the molecule is O=C(NCC1CCCO1)c1ccn(COc2ccccc2[N+](=O)[O-])n1. The minimum Gasteiger partial charge on any atom is -0.464 e. The summed E-state index contributed by atoms with van der Waals surface area (Å²) in [5.41, 5.74) is 0.133. The van der Waals surface area contributed by atoms with E-state index in [9.17, 15) is 14.9 Å². The minimum absolute atomic E-state index is 0.0378. The molecule has 2 heterocycles. The summed E-state index contributed by atoms with van der Waals surface area (Å²) in [4.78, 5) is 22.5. The summed E-state index contributed by atoms with van der Waals surface area (Å²) in [6, 6.07) is 7.65. The molecule has 0 radical (unpaired) electrons. The van der Waals surface area contributed by atoms with Crippen LogP contribution >= 0.6 is 0 Å². The Morgan fingerprint density at radius 3 is 3.04 bits per heavy atom. The Hall–Kier alpha value is -2.94. The van der Waals surface area contributed by atoms with Gasteiger partial charge in [0.25, 0.3) is 5.91 Å². The highest BCUT2D eigenvalue weighted by Gasteiger charge is 2.18. The number of nitrogens with zero attached hydrogens (tertiary/aromatic N) is 3. The van der Waals surface area contributed by atoms with E-state index in [0.29, 0.717) is 6.54 Å². The van der Waals surface area contributed by atoms with Crippen LogP contribution < -0.4 is 10.1 Å². The topological polar surface area (TPSA) is 109 Å². The molecule has 1 saturated heterocycles. The van der Waals surface area contributed by atoms with Crippen LogP contribution in [0, 0.1) is 10.1 Å². The van der Waals surface area contributed by atoms with Gasteiger partial charge in [0.2, 0.25) is 0 Å². The van der Waals surface area contributed by atoms with Gasteiger partial charge in [0.1, 0.15) is 5.69 Å². The first-order chi connectivity index (χ1) is 12.1. The number of nitro groups is 1. The fourth-order valence-corrected chi connectivity index (χ4v) is 2.52. The number of nitrogens with one attached hydrogen (secondary N) is 1. The van der Waals surface area contributed by atoms with Crippen LogP contribution in [0.3, 0.4) is 0 Å². The summed E-state index contributed by atoms with van der Waals surface area (Å²) < 4.78 is 12.3. The van der Waals surface area contributed by atoms with E-state index in [-0.39, 0.29) is 35.9 Å². The zero-order valence-corrected chi connectivity index (χ0v) is 13.5. The second-order valence-corrected chi connectivity index (χ2v) is 5.58. The lowest BCUT2D eigenvalue weighted by atomic mass is 10.2. The van der Waals surface area contributed by atoms with Crippen LogP contribution in [0.2, 0.25) is 0 Å². The molecule has 0 saturated carbocycles. The second-order valence-electron chi connectivity index (χ2n) is 5.58. The molecular weight excluding hydrogens is 328 g/mol. The Morgan fingerprint density at radius 2 is 2.28 bits per heavy atom. The number of nitro benzene ring substituents is 1. The van der Waals surface area contributed by atoms with Gasteiger partial charge < -0.3 is 14.8 Å². The van der Waals surface area contributed by atoms with Crippen molar-refractivity contribution >= 4 is 11.6 Å². The zero-order valence-electron chi connectivity index (χ0n) is 13.5. The third-order valence-corrected chi connectivity index (χ3v) is 3.80. The first kappa shape index (κ1) is 16.9. The molecule has 0 spiro atoms. The quantitative estimate of drug-likeness (QED) is 0.604. The van der Waals surface area contributed by atoms with Crippen molar-refractivity contribution in [1.29, 1.82) is 0 Å².